The summed E-state index contributed by atoms with van der Waals surface area (Å²) >= 11 is 0. The number of carbonyl (C=O) groups excluding carboxylic acids is 1. The number of carbonyl (C=O) groups is 1. The van der Waals surface area contributed by atoms with Crippen molar-refractivity contribution < 1.29 is 23.7 Å². The van der Waals surface area contributed by atoms with Gasteiger partial charge in [-0.05, 0) is 32.9 Å². The van der Waals surface area contributed by atoms with Crippen LogP contribution < -0.4 is 5.32 Å². The molecule has 0 bridgehead atoms. The fourth-order valence-electron chi connectivity index (χ4n) is 1.79. The Hall–Kier alpha value is -1.63. The number of ether oxygens (including phenoxy) is 4. The van der Waals surface area contributed by atoms with Crippen molar-refractivity contribution in [3.05, 3.63) is 30.3 Å². The second-order valence-corrected chi connectivity index (χ2v) is 6.16. The zero-order chi connectivity index (χ0) is 17.7. The number of hydrogen-bond donors (Lipinski definition) is 1. The first-order valence-electron chi connectivity index (χ1n) is 8.21. The van der Waals surface area contributed by atoms with Crippen LogP contribution in [-0.2, 0) is 23.7 Å². The number of rotatable bonds is 12. The molecule has 136 valence electrons. The largest absolute Gasteiger partial charge is 0.458 e. The third-order valence-corrected chi connectivity index (χ3v) is 2.73. The topological polar surface area (TPSA) is 66.0 Å². The third kappa shape index (κ3) is 11.9. The molecule has 0 radical (unpaired) electrons. The lowest BCUT2D eigenvalue weighted by Gasteiger charge is -2.19. The van der Waals surface area contributed by atoms with Crippen molar-refractivity contribution >= 4 is 11.7 Å². The van der Waals surface area contributed by atoms with Crippen molar-refractivity contribution in [2.45, 2.75) is 26.4 Å². The van der Waals surface area contributed by atoms with Gasteiger partial charge in [0.15, 0.2) is 0 Å². The molecular weight excluding hydrogens is 310 g/mol. The predicted molar refractivity (Wildman–Crippen MR) is 93.2 cm³/mol. The molecular formula is C18H29NO5. The van der Waals surface area contributed by atoms with Crippen molar-refractivity contribution in [2.75, 3.05) is 51.5 Å². The predicted octanol–water partition coefficient (Wildman–Crippen LogP) is 2.49. The molecule has 1 rings (SSSR count). The third-order valence-electron chi connectivity index (χ3n) is 2.73. The molecule has 0 amide bonds. The van der Waals surface area contributed by atoms with E-state index >= 15 is 0 Å². The fraction of sp³-hybridized carbons (Fsp3) is 0.611. The number of para-hydroxylation sites is 1. The van der Waals surface area contributed by atoms with Crippen LogP contribution in [0.5, 0.6) is 0 Å². The van der Waals surface area contributed by atoms with E-state index in [1.165, 1.54) is 0 Å². The second-order valence-electron chi connectivity index (χ2n) is 6.16. The van der Waals surface area contributed by atoms with Gasteiger partial charge in [-0.25, -0.2) is 4.79 Å². The van der Waals surface area contributed by atoms with Gasteiger partial charge in [0.25, 0.3) is 0 Å². The molecule has 6 heteroatoms. The Morgan fingerprint density at radius 3 is 2.12 bits per heavy atom. The van der Waals surface area contributed by atoms with E-state index in [1.807, 2.05) is 51.1 Å². The summed E-state index contributed by atoms with van der Waals surface area (Å²) in [5.41, 5.74) is 0.600. The van der Waals surface area contributed by atoms with Gasteiger partial charge in [0.05, 0.1) is 33.0 Å². The van der Waals surface area contributed by atoms with E-state index in [4.69, 9.17) is 18.9 Å². The number of benzene rings is 1. The van der Waals surface area contributed by atoms with Gasteiger partial charge in [-0.15, -0.1) is 0 Å². The molecule has 0 aliphatic rings. The Labute approximate surface area is 144 Å². The molecule has 1 aromatic carbocycles. The van der Waals surface area contributed by atoms with E-state index in [1.54, 1.807) is 0 Å². The first-order valence-corrected chi connectivity index (χ1v) is 8.21. The van der Waals surface area contributed by atoms with E-state index in [-0.39, 0.29) is 12.6 Å². The highest BCUT2D eigenvalue weighted by Gasteiger charge is 2.15. The highest BCUT2D eigenvalue weighted by Crippen LogP contribution is 2.06. The maximum absolute atomic E-state index is 11.4. The molecule has 0 atom stereocenters. The minimum atomic E-state index is -0.482. The summed E-state index contributed by atoms with van der Waals surface area (Å²) in [5, 5.41) is 3.26. The van der Waals surface area contributed by atoms with Crippen LogP contribution in [0.4, 0.5) is 5.69 Å². The van der Waals surface area contributed by atoms with Crippen molar-refractivity contribution in [1.29, 1.82) is 0 Å². The lowest BCUT2D eigenvalue weighted by atomic mass is 10.2. The summed E-state index contributed by atoms with van der Waals surface area (Å²) in [6.45, 7) is 8.60. The van der Waals surface area contributed by atoms with Crippen LogP contribution >= 0.6 is 0 Å². The molecule has 0 aromatic heterocycles. The second kappa shape index (κ2) is 11.8. The van der Waals surface area contributed by atoms with Crippen molar-refractivity contribution in [2.24, 2.45) is 0 Å². The van der Waals surface area contributed by atoms with E-state index in [9.17, 15) is 4.79 Å². The molecule has 0 saturated heterocycles. The monoisotopic (exact) mass is 339 g/mol. The van der Waals surface area contributed by atoms with E-state index < -0.39 is 5.60 Å². The first kappa shape index (κ1) is 20.4. The van der Waals surface area contributed by atoms with Crippen LogP contribution in [0.2, 0.25) is 0 Å². The number of nitrogens with one attached hydrogen (secondary N) is 1. The summed E-state index contributed by atoms with van der Waals surface area (Å²) < 4.78 is 21.1. The lowest BCUT2D eigenvalue weighted by Crippen LogP contribution is -2.27. The molecule has 6 nitrogen and oxygen atoms in total. The molecule has 24 heavy (non-hydrogen) atoms. The minimum absolute atomic E-state index is 0.0533. The van der Waals surface area contributed by atoms with Gasteiger partial charge in [0.2, 0.25) is 0 Å². The summed E-state index contributed by atoms with van der Waals surface area (Å²) in [6.07, 6.45) is 0. The molecule has 0 aliphatic carbocycles. The molecule has 0 aliphatic heterocycles. The van der Waals surface area contributed by atoms with E-state index in [0.717, 1.165) is 12.2 Å². The van der Waals surface area contributed by atoms with Crippen LogP contribution in [0.25, 0.3) is 0 Å². The normalized spacial score (nSPS) is 11.3. The smallest absolute Gasteiger partial charge is 0.332 e. The fourth-order valence-corrected chi connectivity index (χ4v) is 1.79. The Balaban J connectivity index is 1.83. The maximum atomic E-state index is 11.4. The summed E-state index contributed by atoms with van der Waals surface area (Å²) in [4.78, 5) is 11.4. The van der Waals surface area contributed by atoms with Crippen LogP contribution in [0.15, 0.2) is 30.3 Å². The Morgan fingerprint density at radius 2 is 1.50 bits per heavy atom. The van der Waals surface area contributed by atoms with Gasteiger partial charge in [0.1, 0.15) is 12.2 Å². The maximum Gasteiger partial charge on any atom is 0.332 e. The zero-order valence-electron chi connectivity index (χ0n) is 14.9. The molecule has 0 fully saturated rings. The van der Waals surface area contributed by atoms with Gasteiger partial charge in [-0.1, -0.05) is 18.2 Å². The van der Waals surface area contributed by atoms with Crippen molar-refractivity contribution in [3.63, 3.8) is 0 Å². The van der Waals surface area contributed by atoms with E-state index in [2.05, 4.69) is 5.32 Å². The van der Waals surface area contributed by atoms with Gasteiger partial charge in [-0.2, -0.15) is 0 Å². The Kier molecular flexibility index (Phi) is 10.1. The molecule has 0 spiro atoms. The van der Waals surface area contributed by atoms with Gasteiger partial charge in [0, 0.05) is 12.2 Å². The van der Waals surface area contributed by atoms with Crippen LogP contribution in [0.1, 0.15) is 20.8 Å². The standard InChI is InChI=1S/C18H29NO5/c1-18(2,3)24-17(20)15-23-14-13-22-12-11-21-10-9-19-16-7-5-4-6-8-16/h4-8,19H,9-15H2,1-3H3. The molecule has 0 unspecified atom stereocenters. The summed E-state index contributed by atoms with van der Waals surface area (Å²) in [7, 11) is 0. The Bertz CT molecular complexity index is 444. The summed E-state index contributed by atoms with van der Waals surface area (Å²) in [6, 6.07) is 9.99. The summed E-state index contributed by atoms with van der Waals surface area (Å²) in [5.74, 6) is -0.364. The average molecular weight is 339 g/mol. The highest BCUT2D eigenvalue weighted by atomic mass is 16.6. The highest BCUT2D eigenvalue weighted by molar-refractivity contribution is 5.71. The number of hydrogen-bond acceptors (Lipinski definition) is 6. The molecule has 1 N–H and O–H groups in total. The Morgan fingerprint density at radius 1 is 0.917 bits per heavy atom. The molecule has 1 aromatic rings. The quantitative estimate of drug-likeness (QED) is 0.466. The van der Waals surface area contributed by atoms with Crippen molar-refractivity contribution in [1.82, 2.24) is 0 Å². The molecule has 0 saturated carbocycles. The van der Waals surface area contributed by atoms with Crippen LogP contribution in [-0.4, -0.2) is 57.8 Å². The SMILES string of the molecule is CC(C)(C)OC(=O)COCCOCCOCCNc1ccccc1. The van der Waals surface area contributed by atoms with Crippen molar-refractivity contribution in [3.8, 4) is 0 Å². The van der Waals surface area contributed by atoms with Crippen LogP contribution in [0, 0.1) is 0 Å². The zero-order valence-corrected chi connectivity index (χ0v) is 14.9. The first-order chi connectivity index (χ1) is 11.5. The minimum Gasteiger partial charge on any atom is -0.458 e. The van der Waals surface area contributed by atoms with Gasteiger partial charge >= 0.3 is 5.97 Å². The average Bonchev–Trinajstić information content (AvgIpc) is 2.52. The van der Waals surface area contributed by atoms with Gasteiger partial charge in [-0.3, -0.25) is 0 Å². The van der Waals surface area contributed by atoms with Gasteiger partial charge < -0.3 is 24.3 Å². The molecule has 0 heterocycles. The number of anilines is 1. The van der Waals surface area contributed by atoms with Crippen LogP contribution in [0.3, 0.4) is 0 Å². The van der Waals surface area contributed by atoms with E-state index in [0.29, 0.717) is 33.0 Å². The number of esters is 1. The lowest BCUT2D eigenvalue weighted by molar-refractivity contribution is -0.160.